The lowest BCUT2D eigenvalue weighted by Gasteiger charge is -2.21. The molecule has 4 nitrogen and oxygen atoms in total. The topological polar surface area (TPSA) is 39.1 Å². The van der Waals surface area contributed by atoms with Crippen LogP contribution in [0.15, 0.2) is 42.7 Å². The predicted molar refractivity (Wildman–Crippen MR) is 76.3 cm³/mol. The molecule has 0 radical (unpaired) electrons. The van der Waals surface area contributed by atoms with Crippen LogP contribution in [0.4, 0.5) is 4.39 Å². The fraction of sp³-hybridized carbons (Fsp3) is 0.400. The van der Waals surface area contributed by atoms with Gasteiger partial charge in [-0.2, -0.15) is 5.10 Å². The number of para-hydroxylation sites is 1. The van der Waals surface area contributed by atoms with Crippen molar-refractivity contribution in [2.75, 3.05) is 13.2 Å². The van der Waals surface area contributed by atoms with E-state index in [-0.39, 0.29) is 17.9 Å². The fourth-order valence-electron chi connectivity index (χ4n) is 1.93. The minimum absolute atomic E-state index is 0.249. The van der Waals surface area contributed by atoms with Crippen molar-refractivity contribution in [2.24, 2.45) is 0 Å². The molecule has 2 atom stereocenters. The average Bonchev–Trinajstić information content (AvgIpc) is 2.98. The van der Waals surface area contributed by atoms with Gasteiger partial charge in [-0.1, -0.05) is 12.1 Å². The van der Waals surface area contributed by atoms with E-state index in [1.807, 2.05) is 16.9 Å². The SMILES string of the molecule is C[C@H](NCCOc1ccccc1F)[C@H](C)n1cccn1. The molecule has 108 valence electrons. The molecule has 1 N–H and O–H groups in total. The van der Waals surface area contributed by atoms with E-state index in [4.69, 9.17) is 4.74 Å². The molecular formula is C15H20FN3O. The summed E-state index contributed by atoms with van der Waals surface area (Å²) in [5, 5.41) is 7.57. The van der Waals surface area contributed by atoms with E-state index in [1.165, 1.54) is 6.07 Å². The lowest BCUT2D eigenvalue weighted by atomic mass is 10.2. The highest BCUT2D eigenvalue weighted by molar-refractivity contribution is 5.23. The zero-order valence-corrected chi connectivity index (χ0v) is 11.8. The van der Waals surface area contributed by atoms with Crippen LogP contribution in [0.1, 0.15) is 19.9 Å². The summed E-state index contributed by atoms with van der Waals surface area (Å²) >= 11 is 0. The minimum Gasteiger partial charge on any atom is -0.489 e. The van der Waals surface area contributed by atoms with E-state index in [1.54, 1.807) is 24.4 Å². The number of benzene rings is 1. The summed E-state index contributed by atoms with van der Waals surface area (Å²) in [6.07, 6.45) is 3.71. The Labute approximate surface area is 118 Å². The molecule has 0 fully saturated rings. The van der Waals surface area contributed by atoms with Crippen LogP contribution in [0.2, 0.25) is 0 Å². The molecule has 0 amide bonds. The maximum atomic E-state index is 13.3. The quantitative estimate of drug-likeness (QED) is 0.791. The first-order valence-corrected chi connectivity index (χ1v) is 6.78. The highest BCUT2D eigenvalue weighted by Crippen LogP contribution is 2.15. The Balaban J connectivity index is 1.72. The van der Waals surface area contributed by atoms with Gasteiger partial charge in [-0.25, -0.2) is 4.39 Å². The number of aromatic nitrogens is 2. The highest BCUT2D eigenvalue weighted by Gasteiger charge is 2.13. The van der Waals surface area contributed by atoms with Crippen molar-refractivity contribution >= 4 is 0 Å². The summed E-state index contributed by atoms with van der Waals surface area (Å²) < 4.78 is 20.6. The number of nitrogens with zero attached hydrogens (tertiary/aromatic N) is 2. The molecule has 0 spiro atoms. The third kappa shape index (κ3) is 3.81. The number of rotatable bonds is 7. The number of hydrogen-bond donors (Lipinski definition) is 1. The van der Waals surface area contributed by atoms with Crippen molar-refractivity contribution in [3.63, 3.8) is 0 Å². The Morgan fingerprint density at radius 3 is 2.80 bits per heavy atom. The summed E-state index contributed by atoms with van der Waals surface area (Å²) in [7, 11) is 0. The van der Waals surface area contributed by atoms with Crippen LogP contribution < -0.4 is 10.1 Å². The molecule has 1 aromatic heterocycles. The lowest BCUT2D eigenvalue weighted by molar-refractivity contribution is 0.278. The number of halogens is 1. The van der Waals surface area contributed by atoms with Crippen LogP contribution in [0, 0.1) is 5.82 Å². The third-order valence-corrected chi connectivity index (χ3v) is 3.33. The van der Waals surface area contributed by atoms with E-state index < -0.39 is 0 Å². The van der Waals surface area contributed by atoms with E-state index in [0.717, 1.165) is 0 Å². The zero-order chi connectivity index (χ0) is 14.4. The van der Waals surface area contributed by atoms with E-state index >= 15 is 0 Å². The van der Waals surface area contributed by atoms with Crippen molar-refractivity contribution in [3.8, 4) is 5.75 Å². The molecule has 0 aliphatic rings. The molecule has 2 rings (SSSR count). The van der Waals surface area contributed by atoms with Crippen molar-refractivity contribution in [1.82, 2.24) is 15.1 Å². The Bertz CT molecular complexity index is 516. The van der Waals surface area contributed by atoms with E-state index in [2.05, 4.69) is 24.3 Å². The summed E-state index contributed by atoms with van der Waals surface area (Å²) in [6, 6.07) is 8.83. The Morgan fingerprint density at radius 2 is 2.10 bits per heavy atom. The molecule has 0 aliphatic carbocycles. The molecule has 0 saturated heterocycles. The first kappa shape index (κ1) is 14.5. The fourth-order valence-corrected chi connectivity index (χ4v) is 1.93. The average molecular weight is 277 g/mol. The van der Waals surface area contributed by atoms with Crippen molar-refractivity contribution in [1.29, 1.82) is 0 Å². The molecule has 2 aromatic rings. The monoisotopic (exact) mass is 277 g/mol. The van der Waals surface area contributed by atoms with Crippen LogP contribution in [0.5, 0.6) is 5.75 Å². The van der Waals surface area contributed by atoms with Gasteiger partial charge in [-0.05, 0) is 32.0 Å². The van der Waals surface area contributed by atoms with Crippen LogP contribution in [-0.2, 0) is 0 Å². The first-order valence-electron chi connectivity index (χ1n) is 6.78. The second kappa shape index (κ2) is 7.05. The van der Waals surface area contributed by atoms with Gasteiger partial charge in [0, 0.05) is 25.0 Å². The van der Waals surface area contributed by atoms with Crippen molar-refractivity contribution in [2.45, 2.75) is 25.9 Å². The standard InChI is InChI=1S/C15H20FN3O/c1-12(13(2)19-10-5-8-18-19)17-9-11-20-15-7-4-3-6-14(15)16/h3-8,10,12-13,17H,9,11H2,1-2H3/t12-,13-/m0/s1. The van der Waals surface area contributed by atoms with Gasteiger partial charge in [0.15, 0.2) is 11.6 Å². The van der Waals surface area contributed by atoms with Crippen molar-refractivity contribution < 1.29 is 9.13 Å². The van der Waals surface area contributed by atoms with E-state index in [0.29, 0.717) is 18.9 Å². The van der Waals surface area contributed by atoms with Gasteiger partial charge in [0.2, 0.25) is 0 Å². The summed E-state index contributed by atoms with van der Waals surface area (Å²) in [5.74, 6) is -0.0347. The number of ether oxygens (including phenoxy) is 1. The summed E-state index contributed by atoms with van der Waals surface area (Å²) in [4.78, 5) is 0. The Kier molecular flexibility index (Phi) is 5.12. The maximum Gasteiger partial charge on any atom is 0.165 e. The van der Waals surface area contributed by atoms with Gasteiger partial charge in [0.1, 0.15) is 6.61 Å². The minimum atomic E-state index is -0.328. The smallest absolute Gasteiger partial charge is 0.165 e. The van der Waals surface area contributed by atoms with Gasteiger partial charge in [0.25, 0.3) is 0 Å². The second-order valence-electron chi connectivity index (χ2n) is 4.75. The molecular weight excluding hydrogens is 257 g/mol. The molecule has 1 aromatic carbocycles. The summed E-state index contributed by atoms with van der Waals surface area (Å²) in [5.41, 5.74) is 0. The van der Waals surface area contributed by atoms with Gasteiger partial charge in [0.05, 0.1) is 6.04 Å². The molecule has 0 bridgehead atoms. The molecule has 0 saturated carbocycles. The number of nitrogens with one attached hydrogen (secondary N) is 1. The Hall–Kier alpha value is -1.88. The third-order valence-electron chi connectivity index (χ3n) is 3.33. The van der Waals surface area contributed by atoms with E-state index in [9.17, 15) is 4.39 Å². The van der Waals surface area contributed by atoms with Gasteiger partial charge >= 0.3 is 0 Å². The molecule has 20 heavy (non-hydrogen) atoms. The van der Waals surface area contributed by atoms with Gasteiger partial charge in [-0.3, -0.25) is 4.68 Å². The molecule has 0 aliphatic heterocycles. The predicted octanol–water partition coefficient (Wildman–Crippen LogP) is 2.64. The molecule has 5 heteroatoms. The largest absolute Gasteiger partial charge is 0.489 e. The maximum absolute atomic E-state index is 13.3. The summed E-state index contributed by atoms with van der Waals surface area (Å²) in [6.45, 7) is 5.27. The number of hydrogen-bond acceptors (Lipinski definition) is 3. The molecule has 0 unspecified atom stereocenters. The van der Waals surface area contributed by atoms with Gasteiger partial charge < -0.3 is 10.1 Å². The van der Waals surface area contributed by atoms with Crippen LogP contribution >= 0.6 is 0 Å². The zero-order valence-electron chi connectivity index (χ0n) is 11.8. The molecule has 1 heterocycles. The Morgan fingerprint density at radius 1 is 1.30 bits per heavy atom. The normalized spacial score (nSPS) is 13.9. The van der Waals surface area contributed by atoms with Crippen LogP contribution in [-0.4, -0.2) is 29.0 Å². The lowest BCUT2D eigenvalue weighted by Crippen LogP contribution is -2.36. The van der Waals surface area contributed by atoms with Gasteiger partial charge in [-0.15, -0.1) is 0 Å². The van der Waals surface area contributed by atoms with Crippen molar-refractivity contribution in [3.05, 3.63) is 48.5 Å². The first-order chi connectivity index (χ1) is 9.68. The van der Waals surface area contributed by atoms with Crippen LogP contribution in [0.25, 0.3) is 0 Å². The highest BCUT2D eigenvalue weighted by atomic mass is 19.1. The second-order valence-corrected chi connectivity index (χ2v) is 4.75. The van der Waals surface area contributed by atoms with Crippen LogP contribution in [0.3, 0.4) is 0 Å².